The molecule has 2 aromatic heterocycles. The average Bonchev–Trinajstić information content (AvgIpc) is 2.87. The van der Waals surface area contributed by atoms with Crippen molar-refractivity contribution in [3.8, 4) is 0 Å². The van der Waals surface area contributed by atoms with Crippen molar-refractivity contribution in [2.24, 2.45) is 5.84 Å². The molecule has 0 aromatic carbocycles. The largest absolute Gasteiger partial charge is 0.318 e. The minimum Gasteiger partial charge on any atom is -0.318 e. The molecule has 8 heteroatoms. The molecular formula is C11H15N7O. The van der Waals surface area contributed by atoms with E-state index in [4.69, 9.17) is 5.84 Å². The molecule has 0 saturated heterocycles. The summed E-state index contributed by atoms with van der Waals surface area (Å²) in [4.78, 5) is 19.7. The van der Waals surface area contributed by atoms with Gasteiger partial charge in [-0.2, -0.15) is 5.10 Å². The van der Waals surface area contributed by atoms with Crippen LogP contribution in [0.15, 0.2) is 24.8 Å². The number of anilines is 2. The molecule has 19 heavy (non-hydrogen) atoms. The Morgan fingerprint density at radius 1 is 1.32 bits per heavy atom. The van der Waals surface area contributed by atoms with Gasteiger partial charge in [-0.1, -0.05) is 0 Å². The van der Waals surface area contributed by atoms with Crippen molar-refractivity contribution in [3.63, 3.8) is 0 Å². The Bertz CT molecular complexity index is 561. The third-order valence-electron chi connectivity index (χ3n) is 2.42. The first-order valence-corrected chi connectivity index (χ1v) is 5.74. The van der Waals surface area contributed by atoms with Crippen molar-refractivity contribution in [3.05, 3.63) is 30.5 Å². The Kier molecular flexibility index (Phi) is 3.71. The van der Waals surface area contributed by atoms with E-state index in [0.29, 0.717) is 11.5 Å². The zero-order valence-corrected chi connectivity index (χ0v) is 10.7. The third kappa shape index (κ3) is 3.05. The smallest absolute Gasteiger partial charge is 0.275 e. The maximum atomic E-state index is 11.9. The lowest BCUT2D eigenvalue weighted by atomic mass is 10.4. The number of hydrogen-bond donors (Lipinski definition) is 3. The number of aromatic nitrogens is 4. The van der Waals surface area contributed by atoms with Gasteiger partial charge >= 0.3 is 0 Å². The van der Waals surface area contributed by atoms with Crippen LogP contribution in [0, 0.1) is 0 Å². The van der Waals surface area contributed by atoms with Crippen molar-refractivity contribution in [2.45, 2.75) is 19.9 Å². The number of rotatable bonds is 4. The lowest BCUT2D eigenvalue weighted by Gasteiger charge is -2.04. The molecule has 2 aromatic rings. The van der Waals surface area contributed by atoms with E-state index in [9.17, 15) is 4.79 Å². The van der Waals surface area contributed by atoms with Crippen molar-refractivity contribution in [1.29, 1.82) is 0 Å². The number of hydrazine groups is 1. The van der Waals surface area contributed by atoms with Crippen molar-refractivity contribution < 1.29 is 4.79 Å². The first kappa shape index (κ1) is 13.0. The molecule has 2 heterocycles. The highest BCUT2D eigenvalue weighted by Crippen LogP contribution is 2.11. The summed E-state index contributed by atoms with van der Waals surface area (Å²) in [6.45, 7) is 4.01. The van der Waals surface area contributed by atoms with Crippen LogP contribution in [0.3, 0.4) is 0 Å². The molecule has 8 nitrogen and oxygen atoms in total. The molecule has 0 aliphatic rings. The fraction of sp³-hybridized carbons (Fsp3) is 0.273. The summed E-state index contributed by atoms with van der Waals surface area (Å²) in [5.74, 6) is 5.21. The Hall–Kier alpha value is -2.48. The molecule has 0 atom stereocenters. The topological polar surface area (TPSA) is 111 Å². The van der Waals surface area contributed by atoms with Gasteiger partial charge in [-0.25, -0.2) is 15.8 Å². The van der Waals surface area contributed by atoms with E-state index in [1.807, 2.05) is 13.8 Å². The van der Waals surface area contributed by atoms with Crippen LogP contribution in [0.2, 0.25) is 0 Å². The predicted octanol–water partition coefficient (Wildman–Crippen LogP) is 0.792. The number of nitrogens with two attached hydrogens (primary N) is 1. The molecule has 100 valence electrons. The molecule has 1 amide bonds. The quantitative estimate of drug-likeness (QED) is 0.554. The van der Waals surface area contributed by atoms with Gasteiger partial charge in [0.2, 0.25) is 0 Å². The molecule has 0 spiro atoms. The molecule has 0 saturated carbocycles. The normalized spacial score (nSPS) is 10.5. The molecule has 0 aliphatic heterocycles. The second kappa shape index (κ2) is 5.44. The van der Waals surface area contributed by atoms with Crippen LogP contribution in [0.4, 0.5) is 11.5 Å². The van der Waals surface area contributed by atoms with Gasteiger partial charge in [0, 0.05) is 12.2 Å². The van der Waals surface area contributed by atoms with Gasteiger partial charge in [0.05, 0.1) is 24.3 Å². The summed E-state index contributed by atoms with van der Waals surface area (Å²) < 4.78 is 1.75. The van der Waals surface area contributed by atoms with Crippen LogP contribution in [0.25, 0.3) is 0 Å². The van der Waals surface area contributed by atoms with Gasteiger partial charge in [-0.15, -0.1) is 0 Å². The summed E-state index contributed by atoms with van der Waals surface area (Å²) in [5, 5.41) is 6.82. The van der Waals surface area contributed by atoms with Gasteiger partial charge in [-0.05, 0) is 13.8 Å². The van der Waals surface area contributed by atoms with Crippen LogP contribution < -0.4 is 16.6 Å². The fourth-order valence-electron chi connectivity index (χ4n) is 1.40. The van der Waals surface area contributed by atoms with Crippen LogP contribution >= 0.6 is 0 Å². The predicted molar refractivity (Wildman–Crippen MR) is 70.4 cm³/mol. The van der Waals surface area contributed by atoms with E-state index in [2.05, 4.69) is 25.8 Å². The van der Waals surface area contributed by atoms with Gasteiger partial charge in [-0.3, -0.25) is 9.48 Å². The Balaban J connectivity index is 2.06. The average molecular weight is 261 g/mol. The highest BCUT2D eigenvalue weighted by molar-refractivity contribution is 6.02. The maximum absolute atomic E-state index is 11.9. The van der Waals surface area contributed by atoms with E-state index in [1.165, 1.54) is 12.4 Å². The number of hydrogen-bond acceptors (Lipinski definition) is 6. The second-order valence-electron chi connectivity index (χ2n) is 4.19. The zero-order valence-electron chi connectivity index (χ0n) is 10.7. The minimum absolute atomic E-state index is 0.205. The van der Waals surface area contributed by atoms with Crippen LogP contribution in [-0.4, -0.2) is 25.7 Å². The van der Waals surface area contributed by atoms with Gasteiger partial charge in [0.15, 0.2) is 5.82 Å². The van der Waals surface area contributed by atoms with Gasteiger partial charge in [0.1, 0.15) is 5.69 Å². The highest BCUT2D eigenvalue weighted by atomic mass is 16.1. The number of nitrogens with one attached hydrogen (secondary N) is 2. The third-order valence-corrected chi connectivity index (χ3v) is 2.42. The molecule has 2 rings (SSSR count). The number of amides is 1. The molecule has 0 radical (unpaired) electrons. The first-order valence-electron chi connectivity index (χ1n) is 5.74. The molecule has 0 aliphatic carbocycles. The number of carbonyl (C=O) groups is 1. The first-order chi connectivity index (χ1) is 9.10. The Morgan fingerprint density at radius 3 is 2.63 bits per heavy atom. The molecule has 0 unspecified atom stereocenters. The summed E-state index contributed by atoms with van der Waals surface area (Å²) in [6, 6.07) is 0.236. The van der Waals surface area contributed by atoms with E-state index < -0.39 is 0 Å². The van der Waals surface area contributed by atoms with Crippen molar-refractivity contribution in [2.75, 3.05) is 10.7 Å². The molecule has 4 N–H and O–H groups in total. The van der Waals surface area contributed by atoms with Crippen LogP contribution in [0.5, 0.6) is 0 Å². The number of carbonyl (C=O) groups excluding carboxylic acids is 1. The van der Waals surface area contributed by atoms with Crippen LogP contribution in [-0.2, 0) is 0 Å². The van der Waals surface area contributed by atoms with Gasteiger partial charge in [0.25, 0.3) is 5.91 Å². The highest BCUT2D eigenvalue weighted by Gasteiger charge is 2.10. The van der Waals surface area contributed by atoms with Crippen molar-refractivity contribution >= 4 is 17.4 Å². The maximum Gasteiger partial charge on any atom is 0.275 e. The zero-order chi connectivity index (χ0) is 13.8. The summed E-state index contributed by atoms with van der Waals surface area (Å²) in [5.41, 5.74) is 3.16. The summed E-state index contributed by atoms with van der Waals surface area (Å²) in [6.07, 6.45) is 6.07. The lowest BCUT2D eigenvalue weighted by molar-refractivity contribution is 0.102. The monoisotopic (exact) mass is 261 g/mol. The Labute approximate surface area is 110 Å². The number of nitrogens with zero attached hydrogens (tertiary/aromatic N) is 4. The molecule has 0 fully saturated rings. The molecule has 0 bridgehead atoms. The van der Waals surface area contributed by atoms with E-state index in [0.717, 1.165) is 0 Å². The van der Waals surface area contributed by atoms with E-state index >= 15 is 0 Å². The summed E-state index contributed by atoms with van der Waals surface area (Å²) >= 11 is 0. The van der Waals surface area contributed by atoms with Crippen LogP contribution in [0.1, 0.15) is 30.4 Å². The summed E-state index contributed by atoms with van der Waals surface area (Å²) in [7, 11) is 0. The second-order valence-corrected chi connectivity index (χ2v) is 4.19. The molecular weight excluding hydrogens is 246 g/mol. The fourth-order valence-corrected chi connectivity index (χ4v) is 1.40. The van der Waals surface area contributed by atoms with E-state index in [-0.39, 0.29) is 17.6 Å². The Morgan fingerprint density at radius 2 is 2.11 bits per heavy atom. The standard InChI is InChI=1S/C11H15N7O/c1-7(2)18-6-8(3-15-18)16-11(19)9-4-14-10(17-12)5-13-9/h3-7H,12H2,1-2H3,(H,14,17)(H,16,19). The minimum atomic E-state index is -0.348. The lowest BCUT2D eigenvalue weighted by Crippen LogP contribution is -2.15. The van der Waals surface area contributed by atoms with Crippen molar-refractivity contribution in [1.82, 2.24) is 19.7 Å². The number of nitrogen functional groups attached to an aromatic ring is 1. The van der Waals surface area contributed by atoms with Gasteiger partial charge < -0.3 is 10.7 Å². The SMILES string of the molecule is CC(C)n1cc(NC(=O)c2cnc(NN)cn2)cn1. The van der Waals surface area contributed by atoms with E-state index in [1.54, 1.807) is 17.1 Å².